The summed E-state index contributed by atoms with van der Waals surface area (Å²) in [5, 5.41) is 0. The zero-order chi connectivity index (χ0) is 20.6. The van der Waals surface area contributed by atoms with Crippen molar-refractivity contribution in [2.45, 2.75) is 13.5 Å². The van der Waals surface area contributed by atoms with Gasteiger partial charge in [0.2, 0.25) is 0 Å². The molecule has 0 bridgehead atoms. The predicted octanol–water partition coefficient (Wildman–Crippen LogP) is 2.71. The van der Waals surface area contributed by atoms with Crippen LogP contribution in [0.15, 0.2) is 48.5 Å². The van der Waals surface area contributed by atoms with E-state index in [0.717, 1.165) is 5.56 Å². The topological polar surface area (TPSA) is 82.1 Å². The number of methoxy groups -OCH3 is 2. The zero-order valence-electron chi connectivity index (χ0n) is 16.3. The van der Waals surface area contributed by atoms with E-state index in [4.69, 9.17) is 13.7 Å². The number of rotatable bonds is 10. The summed E-state index contributed by atoms with van der Waals surface area (Å²) in [5.41, 5.74) is 1.19. The van der Waals surface area contributed by atoms with Crippen molar-refractivity contribution in [1.82, 2.24) is 4.90 Å². The molecule has 0 saturated heterocycles. The first kappa shape index (κ1) is 21.7. The molecule has 28 heavy (non-hydrogen) atoms. The Kier molecular flexibility index (Phi) is 7.83. The van der Waals surface area contributed by atoms with Crippen LogP contribution in [0.5, 0.6) is 11.5 Å². The van der Waals surface area contributed by atoms with E-state index in [1.54, 1.807) is 60.5 Å². The number of benzene rings is 2. The molecule has 0 radical (unpaired) electrons. The minimum absolute atomic E-state index is 0.122. The summed E-state index contributed by atoms with van der Waals surface area (Å²) < 4.78 is 38.9. The molecule has 2 aromatic carbocycles. The van der Waals surface area contributed by atoms with Gasteiger partial charge in [-0.05, 0) is 36.8 Å². The van der Waals surface area contributed by atoms with Gasteiger partial charge >= 0.3 is 10.1 Å². The van der Waals surface area contributed by atoms with Crippen LogP contribution in [0.4, 0.5) is 0 Å². The van der Waals surface area contributed by atoms with Gasteiger partial charge in [-0.15, -0.1) is 0 Å². The predicted molar refractivity (Wildman–Crippen MR) is 106 cm³/mol. The second-order valence-electron chi connectivity index (χ2n) is 6.00. The van der Waals surface area contributed by atoms with Crippen LogP contribution >= 0.6 is 0 Å². The molecule has 1 amide bonds. The van der Waals surface area contributed by atoms with E-state index in [9.17, 15) is 13.2 Å². The van der Waals surface area contributed by atoms with Gasteiger partial charge in [0.15, 0.2) is 0 Å². The third kappa shape index (κ3) is 5.97. The van der Waals surface area contributed by atoms with Crippen molar-refractivity contribution in [2.75, 3.05) is 33.1 Å². The van der Waals surface area contributed by atoms with Gasteiger partial charge in [-0.25, -0.2) is 0 Å². The van der Waals surface area contributed by atoms with E-state index in [1.165, 1.54) is 14.0 Å². The number of hydrogen-bond acceptors (Lipinski definition) is 6. The molecule has 2 rings (SSSR count). The number of amides is 1. The molecule has 152 valence electrons. The highest BCUT2D eigenvalue weighted by Gasteiger charge is 2.20. The molecule has 0 unspecified atom stereocenters. The van der Waals surface area contributed by atoms with Crippen molar-refractivity contribution in [3.63, 3.8) is 0 Å². The lowest BCUT2D eigenvalue weighted by atomic mass is 10.1. The molecule has 0 saturated carbocycles. The summed E-state index contributed by atoms with van der Waals surface area (Å²) in [7, 11) is -0.538. The van der Waals surface area contributed by atoms with Crippen molar-refractivity contribution >= 4 is 16.0 Å². The van der Waals surface area contributed by atoms with Gasteiger partial charge in [-0.2, -0.15) is 8.42 Å². The highest BCUT2D eigenvalue weighted by atomic mass is 32.2. The Hall–Kier alpha value is -2.58. The van der Waals surface area contributed by atoms with E-state index in [1.807, 2.05) is 0 Å². The Balaban J connectivity index is 2.26. The van der Waals surface area contributed by atoms with Crippen molar-refractivity contribution < 1.29 is 26.9 Å². The van der Waals surface area contributed by atoms with Gasteiger partial charge in [-0.1, -0.05) is 24.3 Å². The summed E-state index contributed by atoms with van der Waals surface area (Å²) >= 11 is 0. The second kappa shape index (κ2) is 10.1. The SMILES string of the molecule is CCS(=O)(=O)Oc1cccc(CN(CCOC)C(=O)c2ccccc2OC)c1. The van der Waals surface area contributed by atoms with Crippen molar-refractivity contribution in [2.24, 2.45) is 0 Å². The van der Waals surface area contributed by atoms with Crippen LogP contribution in [0.25, 0.3) is 0 Å². The van der Waals surface area contributed by atoms with Crippen LogP contribution in [0.3, 0.4) is 0 Å². The largest absolute Gasteiger partial charge is 0.496 e. The monoisotopic (exact) mass is 407 g/mol. The third-order valence-electron chi connectivity index (χ3n) is 4.04. The Labute approximate surface area is 166 Å². The fraction of sp³-hybridized carbons (Fsp3) is 0.350. The van der Waals surface area contributed by atoms with Gasteiger partial charge < -0.3 is 18.6 Å². The minimum Gasteiger partial charge on any atom is -0.496 e. The molecule has 0 spiro atoms. The van der Waals surface area contributed by atoms with Gasteiger partial charge in [0.05, 0.1) is 25.0 Å². The molecule has 0 fully saturated rings. The standard InChI is InChI=1S/C20H25NO6S/c1-4-28(23,24)27-17-9-7-8-16(14-17)15-21(12-13-25-2)20(22)18-10-5-6-11-19(18)26-3/h5-11,14H,4,12-13,15H2,1-3H3. The number of hydrogen-bond donors (Lipinski definition) is 0. The number of ether oxygens (including phenoxy) is 2. The first-order chi connectivity index (χ1) is 13.4. The van der Waals surface area contributed by atoms with Crippen LogP contribution in [0.1, 0.15) is 22.8 Å². The third-order valence-corrected chi connectivity index (χ3v) is 5.19. The molecule has 0 atom stereocenters. The van der Waals surface area contributed by atoms with E-state index < -0.39 is 10.1 Å². The molecule has 0 aliphatic rings. The number of carbonyl (C=O) groups is 1. The molecule has 0 aliphatic carbocycles. The Morgan fingerprint density at radius 1 is 1.07 bits per heavy atom. The molecule has 2 aromatic rings. The first-order valence-electron chi connectivity index (χ1n) is 8.82. The average molecular weight is 407 g/mol. The molecule has 7 nitrogen and oxygen atoms in total. The highest BCUT2D eigenvalue weighted by molar-refractivity contribution is 7.87. The molecular formula is C20H25NO6S. The van der Waals surface area contributed by atoms with E-state index >= 15 is 0 Å². The molecule has 0 N–H and O–H groups in total. The fourth-order valence-electron chi connectivity index (χ4n) is 2.57. The molecule has 0 heterocycles. The zero-order valence-corrected chi connectivity index (χ0v) is 17.1. The van der Waals surface area contributed by atoms with Gasteiger partial charge in [0, 0.05) is 20.2 Å². The van der Waals surface area contributed by atoms with E-state index in [-0.39, 0.29) is 24.0 Å². The summed E-state index contributed by atoms with van der Waals surface area (Å²) in [5.74, 6) is 0.377. The van der Waals surface area contributed by atoms with Crippen LogP contribution in [-0.2, 0) is 21.4 Å². The summed E-state index contributed by atoms with van der Waals surface area (Å²) in [4.78, 5) is 14.7. The quantitative estimate of drug-likeness (QED) is 0.563. The Morgan fingerprint density at radius 2 is 1.82 bits per heavy atom. The lowest BCUT2D eigenvalue weighted by molar-refractivity contribution is 0.0677. The molecule has 0 aliphatic heterocycles. The van der Waals surface area contributed by atoms with Crippen molar-refractivity contribution in [1.29, 1.82) is 0 Å². The first-order valence-corrected chi connectivity index (χ1v) is 10.4. The summed E-state index contributed by atoms with van der Waals surface area (Å²) in [6, 6.07) is 13.7. The molecular weight excluding hydrogens is 382 g/mol. The van der Waals surface area contributed by atoms with Crippen LogP contribution in [0, 0.1) is 0 Å². The lowest BCUT2D eigenvalue weighted by Gasteiger charge is -2.23. The maximum atomic E-state index is 13.1. The smallest absolute Gasteiger partial charge is 0.308 e. The average Bonchev–Trinajstić information content (AvgIpc) is 2.70. The Bertz CT molecular complexity index is 897. The maximum absolute atomic E-state index is 13.1. The number of para-hydroxylation sites is 1. The maximum Gasteiger partial charge on any atom is 0.308 e. The van der Waals surface area contributed by atoms with Crippen LogP contribution in [0.2, 0.25) is 0 Å². The summed E-state index contributed by atoms with van der Waals surface area (Å²) in [6.07, 6.45) is 0. The van der Waals surface area contributed by atoms with Crippen molar-refractivity contribution in [3.05, 3.63) is 59.7 Å². The lowest BCUT2D eigenvalue weighted by Crippen LogP contribution is -2.33. The molecule has 0 aromatic heterocycles. The van der Waals surface area contributed by atoms with Crippen LogP contribution in [-0.4, -0.2) is 52.3 Å². The minimum atomic E-state index is -3.62. The number of carbonyl (C=O) groups excluding carboxylic acids is 1. The van der Waals surface area contributed by atoms with Gasteiger partial charge in [-0.3, -0.25) is 4.79 Å². The Morgan fingerprint density at radius 3 is 2.50 bits per heavy atom. The fourth-order valence-corrected chi connectivity index (χ4v) is 3.08. The second-order valence-corrected chi connectivity index (χ2v) is 7.86. The van der Waals surface area contributed by atoms with Gasteiger partial charge in [0.25, 0.3) is 5.91 Å². The van der Waals surface area contributed by atoms with Crippen LogP contribution < -0.4 is 8.92 Å². The number of nitrogens with zero attached hydrogens (tertiary/aromatic N) is 1. The van der Waals surface area contributed by atoms with E-state index in [2.05, 4.69) is 0 Å². The summed E-state index contributed by atoms with van der Waals surface area (Å²) in [6.45, 7) is 2.51. The molecule has 8 heteroatoms. The van der Waals surface area contributed by atoms with Gasteiger partial charge in [0.1, 0.15) is 11.5 Å². The highest BCUT2D eigenvalue weighted by Crippen LogP contribution is 2.22. The van der Waals surface area contributed by atoms with E-state index in [0.29, 0.717) is 24.5 Å². The van der Waals surface area contributed by atoms with Crippen molar-refractivity contribution in [3.8, 4) is 11.5 Å². The normalized spacial score (nSPS) is 11.1.